The molecule has 2 aromatic rings. The highest BCUT2D eigenvalue weighted by atomic mass is 35.5. The quantitative estimate of drug-likeness (QED) is 0.901. The van der Waals surface area contributed by atoms with E-state index < -0.39 is 0 Å². The zero-order valence-electron chi connectivity index (χ0n) is 11.2. The molecule has 0 aliphatic rings. The Balaban J connectivity index is 2.30. The van der Waals surface area contributed by atoms with Crippen molar-refractivity contribution in [3.63, 3.8) is 0 Å². The van der Waals surface area contributed by atoms with Gasteiger partial charge in [0.1, 0.15) is 11.5 Å². The van der Waals surface area contributed by atoms with E-state index in [1.54, 1.807) is 0 Å². The number of benzene rings is 2. The standard InChI is InChI=1S/C16H18ClNO/c1-11-7-8-14(17)10-16(11)19-15-6-4-3-5-13(15)9-12(2)18/h3-8,10,12H,9,18H2,1-2H3. The van der Waals surface area contributed by atoms with E-state index in [9.17, 15) is 0 Å². The van der Waals surface area contributed by atoms with Crippen molar-refractivity contribution in [1.29, 1.82) is 0 Å². The summed E-state index contributed by atoms with van der Waals surface area (Å²) in [7, 11) is 0. The van der Waals surface area contributed by atoms with Crippen LogP contribution >= 0.6 is 11.6 Å². The van der Waals surface area contributed by atoms with Crippen LogP contribution in [-0.4, -0.2) is 6.04 Å². The summed E-state index contributed by atoms with van der Waals surface area (Å²) in [4.78, 5) is 0. The Morgan fingerprint density at radius 3 is 2.63 bits per heavy atom. The zero-order chi connectivity index (χ0) is 13.8. The summed E-state index contributed by atoms with van der Waals surface area (Å²) >= 11 is 6.01. The molecule has 0 saturated heterocycles. The highest BCUT2D eigenvalue weighted by Crippen LogP contribution is 2.30. The predicted octanol–water partition coefficient (Wildman–Crippen LogP) is 4.33. The molecule has 0 bridgehead atoms. The molecule has 0 fully saturated rings. The van der Waals surface area contributed by atoms with Crippen LogP contribution in [0.5, 0.6) is 11.5 Å². The maximum Gasteiger partial charge on any atom is 0.131 e. The van der Waals surface area contributed by atoms with E-state index in [1.807, 2.05) is 56.3 Å². The number of ether oxygens (including phenoxy) is 1. The van der Waals surface area contributed by atoms with Crippen molar-refractivity contribution in [2.75, 3.05) is 0 Å². The molecule has 1 unspecified atom stereocenters. The molecule has 1 atom stereocenters. The summed E-state index contributed by atoms with van der Waals surface area (Å²) in [6, 6.07) is 13.7. The number of hydrogen-bond acceptors (Lipinski definition) is 2. The molecule has 19 heavy (non-hydrogen) atoms. The van der Waals surface area contributed by atoms with Crippen LogP contribution in [0.3, 0.4) is 0 Å². The predicted molar refractivity (Wildman–Crippen MR) is 80.1 cm³/mol. The molecule has 0 amide bonds. The van der Waals surface area contributed by atoms with Crippen LogP contribution in [-0.2, 0) is 6.42 Å². The molecule has 0 saturated carbocycles. The molecule has 0 aliphatic heterocycles. The van der Waals surface area contributed by atoms with E-state index in [0.717, 1.165) is 29.0 Å². The number of halogens is 1. The summed E-state index contributed by atoms with van der Waals surface area (Å²) in [5.74, 6) is 1.62. The van der Waals surface area contributed by atoms with Gasteiger partial charge in [-0.1, -0.05) is 35.9 Å². The third-order valence-electron chi connectivity index (χ3n) is 2.88. The first-order chi connectivity index (χ1) is 9.06. The van der Waals surface area contributed by atoms with Gasteiger partial charge in [0.25, 0.3) is 0 Å². The maximum atomic E-state index is 6.01. The van der Waals surface area contributed by atoms with Crippen LogP contribution in [0, 0.1) is 6.92 Å². The molecule has 2 rings (SSSR count). The summed E-state index contributed by atoms with van der Waals surface area (Å²) in [5, 5.41) is 0.672. The van der Waals surface area contributed by atoms with Crippen molar-refractivity contribution < 1.29 is 4.74 Å². The van der Waals surface area contributed by atoms with Crippen molar-refractivity contribution in [3.05, 3.63) is 58.6 Å². The molecular weight excluding hydrogens is 258 g/mol. The second-order valence-corrected chi connectivity index (χ2v) is 5.24. The topological polar surface area (TPSA) is 35.2 Å². The molecule has 3 heteroatoms. The fraction of sp³-hybridized carbons (Fsp3) is 0.250. The zero-order valence-corrected chi connectivity index (χ0v) is 11.9. The lowest BCUT2D eigenvalue weighted by Gasteiger charge is -2.14. The molecule has 0 aromatic heterocycles. The minimum atomic E-state index is 0.102. The van der Waals surface area contributed by atoms with Gasteiger partial charge in [-0.05, 0) is 49.6 Å². The highest BCUT2D eigenvalue weighted by molar-refractivity contribution is 6.30. The monoisotopic (exact) mass is 275 g/mol. The first kappa shape index (κ1) is 13.9. The van der Waals surface area contributed by atoms with Gasteiger partial charge in [0.2, 0.25) is 0 Å². The van der Waals surface area contributed by atoms with Crippen molar-refractivity contribution >= 4 is 11.6 Å². The van der Waals surface area contributed by atoms with Gasteiger partial charge in [0.15, 0.2) is 0 Å². The molecule has 0 aliphatic carbocycles. The second-order valence-electron chi connectivity index (χ2n) is 4.80. The number of aryl methyl sites for hydroxylation is 1. The molecule has 2 aromatic carbocycles. The van der Waals surface area contributed by atoms with Crippen LogP contribution < -0.4 is 10.5 Å². The summed E-state index contributed by atoms with van der Waals surface area (Å²) in [6.07, 6.45) is 0.787. The molecular formula is C16H18ClNO. The Labute approximate surface area is 119 Å². The number of rotatable bonds is 4. The SMILES string of the molecule is Cc1ccc(Cl)cc1Oc1ccccc1CC(C)N. The smallest absolute Gasteiger partial charge is 0.131 e. The van der Waals surface area contributed by atoms with Crippen molar-refractivity contribution in [1.82, 2.24) is 0 Å². The van der Waals surface area contributed by atoms with Crippen LogP contribution in [0.1, 0.15) is 18.1 Å². The van der Waals surface area contributed by atoms with Gasteiger partial charge in [0, 0.05) is 11.1 Å². The van der Waals surface area contributed by atoms with Crippen LogP contribution in [0.4, 0.5) is 0 Å². The molecule has 100 valence electrons. The van der Waals surface area contributed by atoms with Crippen LogP contribution in [0.2, 0.25) is 5.02 Å². The number of para-hydroxylation sites is 1. The molecule has 0 heterocycles. The van der Waals surface area contributed by atoms with E-state index in [2.05, 4.69) is 0 Å². The second kappa shape index (κ2) is 6.09. The van der Waals surface area contributed by atoms with Gasteiger partial charge < -0.3 is 10.5 Å². The third kappa shape index (κ3) is 3.72. The van der Waals surface area contributed by atoms with E-state index in [0.29, 0.717) is 5.02 Å². The Morgan fingerprint density at radius 1 is 1.16 bits per heavy atom. The van der Waals surface area contributed by atoms with E-state index in [1.165, 1.54) is 0 Å². The maximum absolute atomic E-state index is 6.01. The van der Waals surface area contributed by atoms with Crippen LogP contribution in [0.15, 0.2) is 42.5 Å². The molecule has 0 spiro atoms. The average molecular weight is 276 g/mol. The molecule has 0 radical (unpaired) electrons. The van der Waals surface area contributed by atoms with Gasteiger partial charge in [-0.3, -0.25) is 0 Å². The van der Waals surface area contributed by atoms with Gasteiger partial charge in [0.05, 0.1) is 0 Å². The Morgan fingerprint density at radius 2 is 1.89 bits per heavy atom. The minimum absolute atomic E-state index is 0.102. The van der Waals surface area contributed by atoms with Crippen molar-refractivity contribution in [3.8, 4) is 11.5 Å². The van der Waals surface area contributed by atoms with E-state index in [4.69, 9.17) is 22.1 Å². The van der Waals surface area contributed by atoms with Crippen molar-refractivity contribution in [2.45, 2.75) is 26.3 Å². The normalized spacial score (nSPS) is 12.2. The van der Waals surface area contributed by atoms with E-state index >= 15 is 0 Å². The summed E-state index contributed by atoms with van der Waals surface area (Å²) < 4.78 is 5.98. The Hall–Kier alpha value is -1.51. The fourth-order valence-corrected chi connectivity index (χ4v) is 2.08. The Kier molecular flexibility index (Phi) is 4.46. The van der Waals surface area contributed by atoms with E-state index in [-0.39, 0.29) is 6.04 Å². The Bertz CT molecular complexity index is 566. The first-order valence-electron chi connectivity index (χ1n) is 6.34. The first-order valence-corrected chi connectivity index (χ1v) is 6.71. The van der Waals surface area contributed by atoms with Gasteiger partial charge in [-0.15, -0.1) is 0 Å². The van der Waals surface area contributed by atoms with Gasteiger partial charge in [-0.2, -0.15) is 0 Å². The largest absolute Gasteiger partial charge is 0.457 e. The lowest BCUT2D eigenvalue weighted by molar-refractivity contribution is 0.470. The molecule has 2 N–H and O–H groups in total. The van der Waals surface area contributed by atoms with Gasteiger partial charge >= 0.3 is 0 Å². The third-order valence-corrected chi connectivity index (χ3v) is 3.12. The van der Waals surface area contributed by atoms with Crippen LogP contribution in [0.25, 0.3) is 0 Å². The number of nitrogens with two attached hydrogens (primary N) is 1. The number of hydrogen-bond donors (Lipinski definition) is 1. The highest BCUT2D eigenvalue weighted by Gasteiger charge is 2.08. The summed E-state index contributed by atoms with van der Waals surface area (Å²) in [6.45, 7) is 3.99. The van der Waals surface area contributed by atoms with Gasteiger partial charge in [-0.25, -0.2) is 0 Å². The fourth-order valence-electron chi connectivity index (χ4n) is 1.92. The molecule has 2 nitrogen and oxygen atoms in total. The lowest BCUT2D eigenvalue weighted by Crippen LogP contribution is -2.18. The average Bonchev–Trinajstić information content (AvgIpc) is 2.35. The lowest BCUT2D eigenvalue weighted by atomic mass is 10.1. The summed E-state index contributed by atoms with van der Waals surface area (Å²) in [5.41, 5.74) is 8.03. The minimum Gasteiger partial charge on any atom is -0.457 e. The van der Waals surface area contributed by atoms with Crippen molar-refractivity contribution in [2.24, 2.45) is 5.73 Å².